The minimum Gasteiger partial charge on any atom is -0.477 e. The molecule has 1 aromatic carbocycles. The average molecular weight is 604 g/mol. The Morgan fingerprint density at radius 3 is 2.65 bits per heavy atom. The van der Waals surface area contributed by atoms with Gasteiger partial charge < -0.3 is 21.5 Å². The first-order valence-electron chi connectivity index (χ1n) is 10.6. The molecule has 0 bridgehead atoms. The van der Waals surface area contributed by atoms with Gasteiger partial charge in [-0.1, -0.05) is 34.8 Å². The van der Waals surface area contributed by atoms with Crippen LogP contribution in [0.15, 0.2) is 52.8 Å². The van der Waals surface area contributed by atoms with Crippen LogP contribution in [0.4, 0.5) is 10.5 Å². The summed E-state index contributed by atoms with van der Waals surface area (Å²) in [5.41, 5.74) is 5.99. The molecule has 1 aromatic heterocycles. The molecule has 0 spiro atoms. The molecule has 2 atom stereocenters. The fraction of sp³-hybridized carbons (Fsp3) is 0.227. The number of thioether (sulfide) groups is 2. The summed E-state index contributed by atoms with van der Waals surface area (Å²) in [4.78, 5) is 50.4. The molecular formula is C22H19Cl3N5O5S2+. The number of halogens is 3. The predicted molar refractivity (Wildman–Crippen MR) is 142 cm³/mol. The number of urea groups is 1. The minimum absolute atomic E-state index is 0.0297. The summed E-state index contributed by atoms with van der Waals surface area (Å²) in [5, 5.41) is 15.4. The van der Waals surface area contributed by atoms with Crippen molar-refractivity contribution >= 4 is 87.8 Å². The van der Waals surface area contributed by atoms with E-state index in [2.05, 4.69) is 10.6 Å². The first-order valence-corrected chi connectivity index (χ1v) is 13.7. The topological polar surface area (TPSA) is 146 Å². The molecule has 4 rings (SSSR count). The molecule has 37 heavy (non-hydrogen) atoms. The maximum atomic E-state index is 12.9. The third-order valence-corrected chi connectivity index (χ3v) is 8.94. The van der Waals surface area contributed by atoms with E-state index in [1.165, 1.54) is 22.7 Å². The predicted octanol–water partition coefficient (Wildman–Crippen LogP) is 2.96. The monoisotopic (exact) mass is 602 g/mol. The number of pyridine rings is 1. The molecular weight excluding hydrogens is 585 g/mol. The van der Waals surface area contributed by atoms with Gasteiger partial charge in [0.1, 0.15) is 22.8 Å². The lowest BCUT2D eigenvalue weighted by atomic mass is 10.0. The molecule has 1 saturated heterocycles. The lowest BCUT2D eigenvalue weighted by molar-refractivity contribution is -0.688. The van der Waals surface area contributed by atoms with Gasteiger partial charge >= 0.3 is 12.0 Å². The number of anilines is 1. The van der Waals surface area contributed by atoms with Crippen LogP contribution in [-0.2, 0) is 20.9 Å². The Kier molecular flexibility index (Phi) is 8.44. The van der Waals surface area contributed by atoms with E-state index < -0.39 is 35.2 Å². The number of aliphatic carboxylic acids is 1. The SMILES string of the molecule is NC(=O)Nc1ccc[n+](CC2=C(C(=O)O)N3C(=O)[C@H](NC(=O)CSc4cc(Cl)c(Cl)cc4Cl)[C@H]3SC2)c1. The molecule has 0 aliphatic carbocycles. The highest BCUT2D eigenvalue weighted by atomic mass is 35.5. The molecule has 2 aromatic rings. The number of β-lactam (4-membered cyclic amide) rings is 1. The van der Waals surface area contributed by atoms with Crippen molar-refractivity contribution in [2.45, 2.75) is 22.9 Å². The lowest BCUT2D eigenvalue weighted by Gasteiger charge is -2.49. The Hall–Kier alpha value is -2.64. The second kappa shape index (κ2) is 11.4. The molecule has 2 aliphatic heterocycles. The average Bonchev–Trinajstić information content (AvgIpc) is 2.83. The van der Waals surface area contributed by atoms with Gasteiger partial charge in [0, 0.05) is 22.3 Å². The molecule has 3 heterocycles. The van der Waals surface area contributed by atoms with E-state index in [0.717, 1.165) is 11.8 Å². The molecule has 15 heteroatoms. The van der Waals surface area contributed by atoms with Crippen molar-refractivity contribution in [1.82, 2.24) is 10.2 Å². The summed E-state index contributed by atoms with van der Waals surface area (Å²) in [6.45, 7) is 0.178. The molecule has 1 fully saturated rings. The number of rotatable bonds is 8. The number of carbonyl (C=O) groups is 4. The number of nitrogens with one attached hydrogen (secondary N) is 2. The van der Waals surface area contributed by atoms with E-state index in [1.807, 2.05) is 0 Å². The Morgan fingerprint density at radius 2 is 1.95 bits per heavy atom. The highest BCUT2D eigenvalue weighted by molar-refractivity contribution is 8.00. The van der Waals surface area contributed by atoms with Crippen LogP contribution in [0, 0.1) is 0 Å². The summed E-state index contributed by atoms with van der Waals surface area (Å²) in [6, 6.07) is 4.78. The van der Waals surface area contributed by atoms with E-state index in [9.17, 15) is 24.3 Å². The zero-order valence-electron chi connectivity index (χ0n) is 18.7. The fourth-order valence-corrected chi connectivity index (χ4v) is 6.71. The number of hydrogen-bond acceptors (Lipinski definition) is 6. The van der Waals surface area contributed by atoms with Gasteiger partial charge in [0.25, 0.3) is 5.91 Å². The van der Waals surface area contributed by atoms with Gasteiger partial charge in [-0.15, -0.1) is 23.5 Å². The van der Waals surface area contributed by atoms with Gasteiger partial charge in [-0.3, -0.25) is 14.5 Å². The molecule has 194 valence electrons. The summed E-state index contributed by atoms with van der Waals surface area (Å²) in [7, 11) is 0. The molecule has 0 unspecified atom stereocenters. The van der Waals surface area contributed by atoms with Gasteiger partial charge in [0.05, 0.1) is 20.8 Å². The van der Waals surface area contributed by atoms with E-state index in [4.69, 9.17) is 40.5 Å². The van der Waals surface area contributed by atoms with Gasteiger partial charge in [-0.2, -0.15) is 4.57 Å². The van der Waals surface area contributed by atoms with E-state index in [1.54, 1.807) is 35.2 Å². The smallest absolute Gasteiger partial charge is 0.352 e. The molecule has 2 aliphatic rings. The number of carboxylic acid groups (broad SMARTS) is 1. The van der Waals surface area contributed by atoms with Crippen LogP contribution in [-0.4, -0.2) is 56.7 Å². The van der Waals surface area contributed by atoms with Gasteiger partial charge in [-0.05, 0) is 18.2 Å². The zero-order chi connectivity index (χ0) is 26.9. The number of carboxylic acids is 1. The second-order valence-electron chi connectivity index (χ2n) is 7.95. The van der Waals surface area contributed by atoms with E-state index in [0.29, 0.717) is 37.0 Å². The van der Waals surface area contributed by atoms with Gasteiger partial charge in [0.2, 0.25) is 5.91 Å². The van der Waals surface area contributed by atoms with E-state index >= 15 is 0 Å². The van der Waals surface area contributed by atoms with Crippen LogP contribution in [0.1, 0.15) is 0 Å². The summed E-state index contributed by atoms with van der Waals surface area (Å²) >= 11 is 20.6. The molecule has 0 saturated carbocycles. The van der Waals surface area contributed by atoms with Crippen molar-refractivity contribution in [2.24, 2.45) is 5.73 Å². The first kappa shape index (κ1) is 27.4. The summed E-state index contributed by atoms with van der Waals surface area (Å²) in [5.74, 6) is -1.86. The molecule has 4 amide bonds. The highest BCUT2D eigenvalue weighted by Crippen LogP contribution is 2.40. The van der Waals surface area contributed by atoms with Gasteiger partial charge in [0.15, 0.2) is 18.9 Å². The number of fused-ring (bicyclic) bond motifs is 1. The van der Waals surface area contributed by atoms with Crippen LogP contribution in [0.2, 0.25) is 15.1 Å². The van der Waals surface area contributed by atoms with Crippen molar-refractivity contribution in [3.8, 4) is 0 Å². The fourth-order valence-electron chi connectivity index (χ4n) is 3.84. The highest BCUT2D eigenvalue weighted by Gasteiger charge is 2.54. The third kappa shape index (κ3) is 6.10. The van der Waals surface area contributed by atoms with Crippen LogP contribution >= 0.6 is 58.3 Å². The van der Waals surface area contributed by atoms with Crippen molar-refractivity contribution in [2.75, 3.05) is 16.8 Å². The summed E-state index contributed by atoms with van der Waals surface area (Å²) in [6.07, 6.45) is 3.31. The molecule has 10 nitrogen and oxygen atoms in total. The number of aromatic nitrogens is 1. The Bertz CT molecular complexity index is 1340. The van der Waals surface area contributed by atoms with Crippen molar-refractivity contribution in [1.29, 1.82) is 0 Å². The van der Waals surface area contributed by atoms with Crippen LogP contribution in [0.3, 0.4) is 0 Å². The second-order valence-corrected chi connectivity index (χ2v) is 11.3. The normalized spacial score (nSPS) is 18.7. The quantitative estimate of drug-likeness (QED) is 0.157. The maximum Gasteiger partial charge on any atom is 0.352 e. The number of primary amides is 1. The number of amides is 4. The minimum atomic E-state index is -1.24. The summed E-state index contributed by atoms with van der Waals surface area (Å²) < 4.78 is 1.68. The number of carbonyl (C=O) groups excluding carboxylic acids is 3. The van der Waals surface area contributed by atoms with Crippen LogP contribution in [0.25, 0.3) is 0 Å². The Balaban J connectivity index is 1.43. The standard InChI is InChI=1S/C22H18Cl3N5O5S2/c23-12-4-14(25)15(5-13(12)24)36-9-16(31)28-17-19(32)30-18(21(33)34)10(8-37-20(17)30)6-29-3-1-2-11(7-29)27-22(26)35/h1-5,7,17,20H,6,8-9H2,(H4-,26,27,28,31,33,34,35)/p+1/t17-,20+/m0/s1. The maximum absolute atomic E-state index is 12.9. The largest absolute Gasteiger partial charge is 0.477 e. The number of nitrogens with two attached hydrogens (primary N) is 1. The zero-order valence-corrected chi connectivity index (χ0v) is 22.6. The molecule has 5 N–H and O–H groups in total. The van der Waals surface area contributed by atoms with Gasteiger partial charge in [-0.25, -0.2) is 9.59 Å². The number of benzene rings is 1. The third-order valence-electron chi connectivity index (χ3n) is 5.40. The Labute approximate surface area is 234 Å². The van der Waals surface area contributed by atoms with Crippen LogP contribution in [0.5, 0.6) is 0 Å². The van der Waals surface area contributed by atoms with Crippen molar-refractivity contribution in [3.05, 3.63) is 63.0 Å². The van der Waals surface area contributed by atoms with Crippen LogP contribution < -0.4 is 20.9 Å². The number of nitrogens with zero attached hydrogens (tertiary/aromatic N) is 2. The van der Waals surface area contributed by atoms with Crippen molar-refractivity contribution in [3.63, 3.8) is 0 Å². The molecule has 0 radical (unpaired) electrons. The van der Waals surface area contributed by atoms with Crippen molar-refractivity contribution < 1.29 is 28.9 Å². The first-order chi connectivity index (χ1) is 17.5. The number of hydrogen-bond donors (Lipinski definition) is 4. The Morgan fingerprint density at radius 1 is 1.22 bits per heavy atom. The lowest BCUT2D eigenvalue weighted by Crippen LogP contribution is -2.70. The van der Waals surface area contributed by atoms with E-state index in [-0.39, 0.29) is 18.0 Å².